The number of ether oxygens (including phenoxy) is 2. The number of aryl methyl sites for hydroxylation is 1. The van der Waals surface area contributed by atoms with Crippen LogP contribution in [0.25, 0.3) is 0 Å². The Labute approximate surface area is 139 Å². The predicted molar refractivity (Wildman–Crippen MR) is 89.5 cm³/mol. The Hall–Kier alpha value is -3.09. The molecule has 1 N–H and O–H groups in total. The minimum Gasteiger partial charge on any atom is -0.496 e. The number of nitro groups is 1. The Morgan fingerprint density at radius 3 is 2.46 bits per heavy atom. The fourth-order valence-electron chi connectivity index (χ4n) is 1.99. The van der Waals surface area contributed by atoms with Crippen LogP contribution < -0.4 is 14.8 Å². The van der Waals surface area contributed by atoms with Gasteiger partial charge >= 0.3 is 5.69 Å². The van der Waals surface area contributed by atoms with E-state index in [0.717, 1.165) is 5.56 Å². The summed E-state index contributed by atoms with van der Waals surface area (Å²) in [4.78, 5) is 22.7. The van der Waals surface area contributed by atoms with E-state index in [2.05, 4.69) is 5.32 Å². The van der Waals surface area contributed by atoms with Crippen molar-refractivity contribution in [2.45, 2.75) is 20.0 Å². The first-order chi connectivity index (χ1) is 11.4. The van der Waals surface area contributed by atoms with Gasteiger partial charge in [-0.1, -0.05) is 17.7 Å². The van der Waals surface area contributed by atoms with Crippen molar-refractivity contribution in [2.75, 3.05) is 12.4 Å². The zero-order valence-corrected chi connectivity index (χ0v) is 13.6. The summed E-state index contributed by atoms with van der Waals surface area (Å²) in [5, 5.41) is 13.8. The van der Waals surface area contributed by atoms with E-state index in [1.165, 1.54) is 32.2 Å². The van der Waals surface area contributed by atoms with Crippen LogP contribution in [0.1, 0.15) is 12.5 Å². The van der Waals surface area contributed by atoms with Gasteiger partial charge in [-0.2, -0.15) is 0 Å². The lowest BCUT2D eigenvalue weighted by molar-refractivity contribution is -0.386. The minimum absolute atomic E-state index is 0.00681. The van der Waals surface area contributed by atoms with Crippen LogP contribution in [0.5, 0.6) is 11.5 Å². The normalized spacial score (nSPS) is 11.5. The number of nitro benzene ring substituents is 1. The Balaban J connectivity index is 2.10. The molecule has 7 heteroatoms. The average Bonchev–Trinajstić information content (AvgIpc) is 2.57. The first-order valence-electron chi connectivity index (χ1n) is 7.27. The maximum absolute atomic E-state index is 12.2. The standard InChI is InChI=1S/C17H18N2O5/c1-11-4-6-13(7-5-11)18-17(20)12(2)24-16-9-8-14(23-3)10-15(16)19(21)22/h4-10,12H,1-3H3,(H,18,20)/t12-/m1/s1. The number of benzene rings is 2. The quantitative estimate of drug-likeness (QED) is 0.648. The Morgan fingerprint density at radius 1 is 1.21 bits per heavy atom. The Morgan fingerprint density at radius 2 is 1.88 bits per heavy atom. The summed E-state index contributed by atoms with van der Waals surface area (Å²) in [6.45, 7) is 3.47. The average molecular weight is 330 g/mol. The molecule has 126 valence electrons. The third-order valence-corrected chi connectivity index (χ3v) is 3.35. The van der Waals surface area contributed by atoms with Crippen LogP contribution in [0.15, 0.2) is 42.5 Å². The van der Waals surface area contributed by atoms with E-state index in [0.29, 0.717) is 11.4 Å². The smallest absolute Gasteiger partial charge is 0.314 e. The Kier molecular flexibility index (Phi) is 5.36. The molecule has 2 aromatic carbocycles. The summed E-state index contributed by atoms with van der Waals surface area (Å²) in [7, 11) is 1.41. The molecule has 0 radical (unpaired) electrons. The highest BCUT2D eigenvalue weighted by atomic mass is 16.6. The molecule has 0 aliphatic heterocycles. The summed E-state index contributed by atoms with van der Waals surface area (Å²) in [5.41, 5.74) is 1.45. The van der Waals surface area contributed by atoms with Crippen LogP contribution in [0, 0.1) is 17.0 Å². The first kappa shape index (κ1) is 17.3. The number of rotatable bonds is 6. The number of nitrogens with one attached hydrogen (secondary N) is 1. The van der Waals surface area contributed by atoms with E-state index in [1.807, 2.05) is 19.1 Å². The lowest BCUT2D eigenvalue weighted by Gasteiger charge is -2.15. The molecule has 1 atom stereocenters. The molecular formula is C17H18N2O5. The lowest BCUT2D eigenvalue weighted by atomic mass is 10.2. The molecule has 0 fully saturated rings. The number of carbonyl (C=O) groups is 1. The van der Waals surface area contributed by atoms with Gasteiger partial charge in [-0.3, -0.25) is 14.9 Å². The SMILES string of the molecule is COc1ccc(O[C@H](C)C(=O)Nc2ccc(C)cc2)c([N+](=O)[O-])c1. The monoisotopic (exact) mass is 330 g/mol. The zero-order valence-electron chi connectivity index (χ0n) is 13.6. The minimum atomic E-state index is -0.904. The van der Waals surface area contributed by atoms with Crippen molar-refractivity contribution in [1.82, 2.24) is 0 Å². The molecule has 0 saturated heterocycles. The highest BCUT2D eigenvalue weighted by Crippen LogP contribution is 2.31. The number of anilines is 1. The first-order valence-corrected chi connectivity index (χ1v) is 7.27. The molecule has 7 nitrogen and oxygen atoms in total. The number of amides is 1. The third kappa shape index (κ3) is 4.22. The second-order valence-corrected chi connectivity index (χ2v) is 5.21. The van der Waals surface area contributed by atoms with Crippen molar-refractivity contribution in [1.29, 1.82) is 0 Å². The van der Waals surface area contributed by atoms with Crippen molar-refractivity contribution in [3.8, 4) is 11.5 Å². The van der Waals surface area contributed by atoms with Gasteiger partial charge in [-0.15, -0.1) is 0 Å². The van der Waals surface area contributed by atoms with E-state index in [4.69, 9.17) is 9.47 Å². The van der Waals surface area contributed by atoms with Crippen LogP contribution in [-0.2, 0) is 4.79 Å². The van der Waals surface area contributed by atoms with E-state index >= 15 is 0 Å². The summed E-state index contributed by atoms with van der Waals surface area (Å²) >= 11 is 0. The predicted octanol–water partition coefficient (Wildman–Crippen LogP) is 3.32. The van der Waals surface area contributed by atoms with E-state index in [9.17, 15) is 14.9 Å². The molecule has 0 spiro atoms. The molecule has 24 heavy (non-hydrogen) atoms. The number of hydrogen-bond acceptors (Lipinski definition) is 5. The maximum atomic E-state index is 12.2. The van der Waals surface area contributed by atoms with Gasteiger partial charge in [0.15, 0.2) is 11.9 Å². The summed E-state index contributed by atoms with van der Waals surface area (Å²) in [5.74, 6) is -0.0536. The molecular weight excluding hydrogens is 312 g/mol. The fraction of sp³-hybridized carbons (Fsp3) is 0.235. The molecule has 0 heterocycles. The second-order valence-electron chi connectivity index (χ2n) is 5.21. The number of hydrogen-bond donors (Lipinski definition) is 1. The van der Waals surface area contributed by atoms with Crippen molar-refractivity contribution < 1.29 is 19.2 Å². The summed E-state index contributed by atoms with van der Waals surface area (Å²) < 4.78 is 10.4. The van der Waals surface area contributed by atoms with Gasteiger partial charge in [0.05, 0.1) is 18.1 Å². The van der Waals surface area contributed by atoms with Crippen LogP contribution in [0.2, 0.25) is 0 Å². The van der Waals surface area contributed by atoms with Gasteiger partial charge in [0.1, 0.15) is 5.75 Å². The molecule has 0 aliphatic rings. The molecule has 0 bridgehead atoms. The van der Waals surface area contributed by atoms with E-state index < -0.39 is 16.9 Å². The topological polar surface area (TPSA) is 90.7 Å². The van der Waals surface area contributed by atoms with Crippen LogP contribution in [0.4, 0.5) is 11.4 Å². The largest absolute Gasteiger partial charge is 0.496 e. The van der Waals surface area contributed by atoms with Crippen LogP contribution in [-0.4, -0.2) is 24.0 Å². The van der Waals surface area contributed by atoms with Crippen molar-refractivity contribution in [3.05, 3.63) is 58.1 Å². The van der Waals surface area contributed by atoms with Gasteiger partial charge in [-0.05, 0) is 38.1 Å². The molecule has 0 aromatic heterocycles. The van der Waals surface area contributed by atoms with Crippen molar-refractivity contribution in [2.24, 2.45) is 0 Å². The van der Waals surface area contributed by atoms with Crippen molar-refractivity contribution in [3.63, 3.8) is 0 Å². The molecule has 0 aliphatic carbocycles. The van der Waals surface area contributed by atoms with E-state index in [1.54, 1.807) is 12.1 Å². The van der Waals surface area contributed by atoms with Crippen LogP contribution in [0.3, 0.4) is 0 Å². The number of carbonyl (C=O) groups excluding carboxylic acids is 1. The molecule has 0 unspecified atom stereocenters. The number of methoxy groups -OCH3 is 1. The van der Waals surface area contributed by atoms with E-state index in [-0.39, 0.29) is 11.4 Å². The third-order valence-electron chi connectivity index (χ3n) is 3.35. The summed E-state index contributed by atoms with van der Waals surface area (Å²) in [6.07, 6.45) is -0.904. The zero-order chi connectivity index (χ0) is 17.7. The Bertz CT molecular complexity index is 743. The number of nitrogens with zero attached hydrogens (tertiary/aromatic N) is 1. The molecule has 2 aromatic rings. The molecule has 0 saturated carbocycles. The molecule has 2 rings (SSSR count). The van der Waals surface area contributed by atoms with Gasteiger partial charge in [0.25, 0.3) is 5.91 Å². The van der Waals surface area contributed by atoms with Gasteiger partial charge in [0.2, 0.25) is 0 Å². The highest BCUT2D eigenvalue weighted by molar-refractivity contribution is 5.94. The maximum Gasteiger partial charge on any atom is 0.314 e. The molecule has 1 amide bonds. The highest BCUT2D eigenvalue weighted by Gasteiger charge is 2.22. The van der Waals surface area contributed by atoms with Crippen molar-refractivity contribution >= 4 is 17.3 Å². The second kappa shape index (κ2) is 7.45. The fourth-order valence-corrected chi connectivity index (χ4v) is 1.99. The van der Waals surface area contributed by atoms with Gasteiger partial charge < -0.3 is 14.8 Å². The lowest BCUT2D eigenvalue weighted by Crippen LogP contribution is -2.30. The van der Waals surface area contributed by atoms with Gasteiger partial charge in [-0.25, -0.2) is 0 Å². The summed E-state index contributed by atoms with van der Waals surface area (Å²) in [6, 6.07) is 11.5. The van der Waals surface area contributed by atoms with Crippen LogP contribution >= 0.6 is 0 Å². The van der Waals surface area contributed by atoms with Gasteiger partial charge in [0, 0.05) is 5.69 Å².